The molecule has 0 aliphatic rings. The van der Waals surface area contributed by atoms with E-state index < -0.39 is 0 Å². The van der Waals surface area contributed by atoms with Crippen molar-refractivity contribution < 1.29 is 4.79 Å². The van der Waals surface area contributed by atoms with Gasteiger partial charge in [-0.25, -0.2) is 0 Å². The van der Waals surface area contributed by atoms with E-state index in [1.165, 1.54) is 5.56 Å². The summed E-state index contributed by atoms with van der Waals surface area (Å²) >= 11 is 3.37. The molecule has 0 aliphatic heterocycles. The number of halogens is 1. The first-order valence-electron chi connectivity index (χ1n) is 6.19. The van der Waals surface area contributed by atoms with Gasteiger partial charge in [-0.15, -0.1) is 0 Å². The van der Waals surface area contributed by atoms with E-state index in [0.717, 1.165) is 15.7 Å². The first kappa shape index (κ1) is 13.8. The third kappa shape index (κ3) is 3.67. The number of anilines is 1. The fourth-order valence-electron chi connectivity index (χ4n) is 1.79. The summed E-state index contributed by atoms with van der Waals surface area (Å²) in [5.74, 6) is -0.157. The molecule has 1 N–H and O–H groups in total. The van der Waals surface area contributed by atoms with Crippen molar-refractivity contribution in [2.75, 3.05) is 5.32 Å². The number of amides is 1. The van der Waals surface area contributed by atoms with Crippen LogP contribution in [-0.2, 0) is 4.79 Å². The van der Waals surface area contributed by atoms with Crippen LogP contribution in [0.1, 0.15) is 24.0 Å². The number of benzene rings is 2. The average molecular weight is 318 g/mol. The largest absolute Gasteiger partial charge is 0.326 e. The van der Waals surface area contributed by atoms with Crippen LogP contribution < -0.4 is 5.32 Å². The molecule has 19 heavy (non-hydrogen) atoms. The van der Waals surface area contributed by atoms with Gasteiger partial charge in [0.2, 0.25) is 5.91 Å². The molecule has 0 spiro atoms. The summed E-state index contributed by atoms with van der Waals surface area (Å²) in [6, 6.07) is 15.6. The van der Waals surface area contributed by atoms with Gasteiger partial charge in [0.15, 0.2) is 0 Å². The number of carbonyl (C=O) groups excluding carboxylic acids is 1. The predicted molar refractivity (Wildman–Crippen MR) is 82.4 cm³/mol. The lowest BCUT2D eigenvalue weighted by Crippen LogP contribution is -2.18. The summed E-state index contributed by atoms with van der Waals surface area (Å²) in [5, 5.41) is 2.92. The number of aryl methyl sites for hydroxylation is 1. The zero-order chi connectivity index (χ0) is 13.8. The molecule has 1 amide bonds. The van der Waals surface area contributed by atoms with Gasteiger partial charge >= 0.3 is 0 Å². The van der Waals surface area contributed by atoms with E-state index in [-0.39, 0.29) is 11.8 Å². The third-order valence-electron chi connectivity index (χ3n) is 3.08. The molecule has 0 radical (unpaired) electrons. The highest BCUT2D eigenvalue weighted by Crippen LogP contribution is 2.19. The van der Waals surface area contributed by atoms with Crippen molar-refractivity contribution in [3.05, 3.63) is 64.1 Å². The van der Waals surface area contributed by atoms with Crippen LogP contribution in [0.4, 0.5) is 5.69 Å². The summed E-state index contributed by atoms with van der Waals surface area (Å²) in [5.41, 5.74) is 3.04. The second kappa shape index (κ2) is 6.02. The van der Waals surface area contributed by atoms with Crippen LogP contribution in [0, 0.1) is 6.92 Å². The molecule has 3 heteroatoms. The molecular weight excluding hydrogens is 302 g/mol. The van der Waals surface area contributed by atoms with E-state index in [9.17, 15) is 4.79 Å². The second-order valence-corrected chi connectivity index (χ2v) is 5.54. The molecule has 0 aromatic heterocycles. The van der Waals surface area contributed by atoms with E-state index in [2.05, 4.69) is 21.2 Å². The minimum Gasteiger partial charge on any atom is -0.326 e. The summed E-state index contributed by atoms with van der Waals surface area (Å²) in [6.07, 6.45) is 0. The first-order chi connectivity index (χ1) is 9.06. The Balaban J connectivity index is 2.07. The van der Waals surface area contributed by atoms with Crippen LogP contribution in [-0.4, -0.2) is 5.91 Å². The molecule has 2 aromatic carbocycles. The van der Waals surface area contributed by atoms with Gasteiger partial charge in [-0.2, -0.15) is 0 Å². The van der Waals surface area contributed by atoms with E-state index in [1.807, 2.05) is 62.4 Å². The zero-order valence-corrected chi connectivity index (χ0v) is 12.6. The Labute approximate surface area is 122 Å². The van der Waals surface area contributed by atoms with Gasteiger partial charge in [-0.05, 0) is 43.7 Å². The van der Waals surface area contributed by atoms with E-state index in [0.29, 0.717) is 0 Å². The first-order valence-corrected chi connectivity index (χ1v) is 6.98. The predicted octanol–water partition coefficient (Wildman–Crippen LogP) is 4.50. The van der Waals surface area contributed by atoms with Crippen LogP contribution in [0.3, 0.4) is 0 Å². The Bertz CT molecular complexity index is 560. The molecule has 2 rings (SSSR count). The normalized spacial score (nSPS) is 11.9. The van der Waals surface area contributed by atoms with Gasteiger partial charge in [0.05, 0.1) is 5.92 Å². The van der Waals surface area contributed by atoms with Crippen molar-refractivity contribution in [2.24, 2.45) is 0 Å². The van der Waals surface area contributed by atoms with Crippen molar-refractivity contribution >= 4 is 27.5 Å². The van der Waals surface area contributed by atoms with E-state index >= 15 is 0 Å². The minimum atomic E-state index is -0.163. The molecule has 0 bridgehead atoms. The van der Waals surface area contributed by atoms with Gasteiger partial charge in [0.25, 0.3) is 0 Å². The number of hydrogen-bond donors (Lipinski definition) is 1. The Morgan fingerprint density at radius 2 is 1.63 bits per heavy atom. The highest BCUT2D eigenvalue weighted by atomic mass is 79.9. The average Bonchev–Trinajstić information content (AvgIpc) is 2.41. The molecule has 0 fully saturated rings. The summed E-state index contributed by atoms with van der Waals surface area (Å²) in [4.78, 5) is 12.2. The fraction of sp³-hybridized carbons (Fsp3) is 0.188. The summed E-state index contributed by atoms with van der Waals surface area (Å²) < 4.78 is 0.997. The van der Waals surface area contributed by atoms with Crippen LogP contribution in [0.5, 0.6) is 0 Å². The fourth-order valence-corrected chi connectivity index (χ4v) is 2.05. The Morgan fingerprint density at radius 1 is 1.05 bits per heavy atom. The molecule has 0 aliphatic carbocycles. The van der Waals surface area contributed by atoms with Crippen molar-refractivity contribution in [2.45, 2.75) is 19.8 Å². The van der Waals surface area contributed by atoms with E-state index in [1.54, 1.807) is 0 Å². The van der Waals surface area contributed by atoms with Gasteiger partial charge < -0.3 is 5.32 Å². The van der Waals surface area contributed by atoms with Crippen LogP contribution in [0.2, 0.25) is 0 Å². The van der Waals surface area contributed by atoms with Crippen molar-refractivity contribution in [1.29, 1.82) is 0 Å². The number of hydrogen-bond acceptors (Lipinski definition) is 1. The molecule has 2 nitrogen and oxygen atoms in total. The van der Waals surface area contributed by atoms with Crippen molar-refractivity contribution in [3.63, 3.8) is 0 Å². The lowest BCUT2D eigenvalue weighted by Gasteiger charge is -2.13. The minimum absolute atomic E-state index is 0.00572. The zero-order valence-electron chi connectivity index (χ0n) is 11.0. The third-order valence-corrected chi connectivity index (χ3v) is 3.61. The van der Waals surface area contributed by atoms with Gasteiger partial charge in [0, 0.05) is 10.2 Å². The van der Waals surface area contributed by atoms with Gasteiger partial charge in [-0.1, -0.05) is 45.8 Å². The highest BCUT2D eigenvalue weighted by Gasteiger charge is 2.14. The van der Waals surface area contributed by atoms with Crippen molar-refractivity contribution in [3.8, 4) is 0 Å². The van der Waals surface area contributed by atoms with Crippen LogP contribution in [0.15, 0.2) is 53.0 Å². The lowest BCUT2D eigenvalue weighted by atomic mass is 9.99. The maximum absolute atomic E-state index is 12.2. The second-order valence-electron chi connectivity index (χ2n) is 4.63. The van der Waals surface area contributed by atoms with Gasteiger partial charge in [0.1, 0.15) is 0 Å². The standard InChI is InChI=1S/C16H16BrNO/c1-11-3-5-13(6-4-11)12(2)16(19)18-15-9-7-14(17)8-10-15/h3-10,12H,1-2H3,(H,18,19)/t12-/m1/s1. The topological polar surface area (TPSA) is 29.1 Å². The van der Waals surface area contributed by atoms with Gasteiger partial charge in [-0.3, -0.25) is 4.79 Å². The molecule has 0 heterocycles. The molecule has 0 saturated carbocycles. The molecule has 0 unspecified atom stereocenters. The number of rotatable bonds is 3. The quantitative estimate of drug-likeness (QED) is 0.887. The summed E-state index contributed by atoms with van der Waals surface area (Å²) in [6.45, 7) is 3.95. The highest BCUT2D eigenvalue weighted by molar-refractivity contribution is 9.10. The maximum Gasteiger partial charge on any atom is 0.231 e. The SMILES string of the molecule is Cc1ccc([C@@H](C)C(=O)Nc2ccc(Br)cc2)cc1. The van der Waals surface area contributed by atoms with Crippen LogP contribution >= 0.6 is 15.9 Å². The van der Waals surface area contributed by atoms with Crippen molar-refractivity contribution in [1.82, 2.24) is 0 Å². The lowest BCUT2D eigenvalue weighted by molar-refractivity contribution is -0.117. The molecule has 2 aromatic rings. The molecular formula is C16H16BrNO. The molecule has 1 atom stereocenters. The smallest absolute Gasteiger partial charge is 0.231 e. The Kier molecular flexibility index (Phi) is 4.38. The molecule has 0 saturated heterocycles. The Hall–Kier alpha value is -1.61. The van der Waals surface area contributed by atoms with Crippen LogP contribution in [0.25, 0.3) is 0 Å². The maximum atomic E-state index is 12.2. The Morgan fingerprint density at radius 3 is 2.21 bits per heavy atom. The number of nitrogens with one attached hydrogen (secondary N) is 1. The monoisotopic (exact) mass is 317 g/mol. The molecule has 98 valence electrons. The number of carbonyl (C=O) groups is 1. The van der Waals surface area contributed by atoms with E-state index in [4.69, 9.17) is 0 Å². The summed E-state index contributed by atoms with van der Waals surface area (Å²) in [7, 11) is 0.